The zero-order valence-electron chi connectivity index (χ0n) is 12.3. The number of hydrogen-bond acceptors (Lipinski definition) is 3. The predicted octanol–water partition coefficient (Wildman–Crippen LogP) is 4.05. The first kappa shape index (κ1) is 13.6. The second-order valence-corrected chi connectivity index (χ2v) is 5.07. The molecule has 0 bridgehead atoms. The highest BCUT2D eigenvalue weighted by Gasteiger charge is 2.06. The fourth-order valence-corrected chi connectivity index (χ4v) is 2.34. The molecule has 0 saturated carbocycles. The highest BCUT2D eigenvalue weighted by molar-refractivity contribution is 5.83. The van der Waals surface area contributed by atoms with Crippen LogP contribution in [0, 0.1) is 6.92 Å². The molecule has 0 amide bonds. The molecule has 3 nitrogen and oxygen atoms in total. The summed E-state index contributed by atoms with van der Waals surface area (Å²) in [6.45, 7) is 2.70. The summed E-state index contributed by atoms with van der Waals surface area (Å²) in [4.78, 5) is 4.33. The van der Waals surface area contributed by atoms with Gasteiger partial charge in [-0.1, -0.05) is 30.3 Å². The first-order valence-corrected chi connectivity index (χ1v) is 7.03. The summed E-state index contributed by atoms with van der Waals surface area (Å²) in [7, 11) is 1.92. The first-order valence-electron chi connectivity index (χ1n) is 7.03. The maximum atomic E-state index is 6.07. The second-order valence-electron chi connectivity index (χ2n) is 5.07. The number of aryl methyl sites for hydroxylation is 1. The van der Waals surface area contributed by atoms with Crippen LogP contribution in [-0.4, -0.2) is 12.0 Å². The van der Waals surface area contributed by atoms with Crippen molar-refractivity contribution in [1.29, 1.82) is 0 Å². The van der Waals surface area contributed by atoms with Gasteiger partial charge in [-0.2, -0.15) is 0 Å². The minimum Gasteiger partial charge on any atom is -0.457 e. The molecule has 0 unspecified atom stereocenters. The lowest BCUT2D eigenvalue weighted by Crippen LogP contribution is -2.07. The van der Waals surface area contributed by atoms with Gasteiger partial charge in [-0.3, -0.25) is 4.98 Å². The SMILES string of the molecule is CNCc1cnc(C)cc1Oc1ccc2ccccc2c1. The molecule has 3 rings (SSSR count). The van der Waals surface area contributed by atoms with E-state index >= 15 is 0 Å². The molecule has 0 atom stereocenters. The fourth-order valence-electron chi connectivity index (χ4n) is 2.34. The number of fused-ring (bicyclic) bond motifs is 1. The van der Waals surface area contributed by atoms with Crippen molar-refractivity contribution in [2.45, 2.75) is 13.5 Å². The van der Waals surface area contributed by atoms with Crippen molar-refractivity contribution in [2.75, 3.05) is 7.05 Å². The largest absolute Gasteiger partial charge is 0.457 e. The van der Waals surface area contributed by atoms with Crippen molar-refractivity contribution in [2.24, 2.45) is 0 Å². The summed E-state index contributed by atoms with van der Waals surface area (Å²) in [5.41, 5.74) is 2.00. The van der Waals surface area contributed by atoms with Crippen molar-refractivity contribution in [1.82, 2.24) is 10.3 Å². The van der Waals surface area contributed by atoms with Crippen molar-refractivity contribution in [3.8, 4) is 11.5 Å². The average molecular weight is 278 g/mol. The molecule has 3 aromatic rings. The van der Waals surface area contributed by atoms with Crippen molar-refractivity contribution in [3.63, 3.8) is 0 Å². The fraction of sp³-hybridized carbons (Fsp3) is 0.167. The van der Waals surface area contributed by atoms with E-state index in [0.717, 1.165) is 29.3 Å². The molecular weight excluding hydrogens is 260 g/mol. The molecule has 0 aliphatic carbocycles. The predicted molar refractivity (Wildman–Crippen MR) is 85.8 cm³/mol. The van der Waals surface area contributed by atoms with Crippen LogP contribution >= 0.6 is 0 Å². The molecule has 1 heterocycles. The van der Waals surface area contributed by atoms with E-state index in [0.29, 0.717) is 0 Å². The zero-order valence-corrected chi connectivity index (χ0v) is 12.3. The lowest BCUT2D eigenvalue weighted by atomic mass is 10.1. The van der Waals surface area contributed by atoms with Crippen LogP contribution in [-0.2, 0) is 6.54 Å². The van der Waals surface area contributed by atoms with Crippen LogP contribution in [0.1, 0.15) is 11.3 Å². The van der Waals surface area contributed by atoms with Gasteiger partial charge in [0.15, 0.2) is 0 Å². The van der Waals surface area contributed by atoms with Gasteiger partial charge in [0.2, 0.25) is 0 Å². The zero-order chi connectivity index (χ0) is 14.7. The molecule has 0 spiro atoms. The molecule has 21 heavy (non-hydrogen) atoms. The summed E-state index contributed by atoms with van der Waals surface area (Å²) in [5.74, 6) is 1.70. The Kier molecular flexibility index (Phi) is 3.84. The van der Waals surface area contributed by atoms with Gasteiger partial charge in [-0.15, -0.1) is 0 Å². The molecule has 106 valence electrons. The average Bonchev–Trinajstić information content (AvgIpc) is 2.50. The Hall–Kier alpha value is -2.39. The number of pyridine rings is 1. The molecule has 0 saturated heterocycles. The maximum absolute atomic E-state index is 6.07. The van der Waals surface area contributed by atoms with Gasteiger partial charge in [0.25, 0.3) is 0 Å². The Morgan fingerprint density at radius 1 is 1.05 bits per heavy atom. The lowest BCUT2D eigenvalue weighted by molar-refractivity contribution is 0.473. The molecule has 1 N–H and O–H groups in total. The van der Waals surface area contributed by atoms with E-state index in [-0.39, 0.29) is 0 Å². The Morgan fingerprint density at radius 3 is 2.67 bits per heavy atom. The molecular formula is C18H18N2O. The Labute approximate surface area is 124 Å². The van der Waals surface area contributed by atoms with Gasteiger partial charge in [-0.25, -0.2) is 0 Å². The smallest absolute Gasteiger partial charge is 0.135 e. The van der Waals surface area contributed by atoms with E-state index in [9.17, 15) is 0 Å². The highest BCUT2D eigenvalue weighted by atomic mass is 16.5. The third-order valence-corrected chi connectivity index (χ3v) is 3.40. The molecule has 1 aromatic heterocycles. The molecule has 0 aliphatic heterocycles. The Morgan fingerprint density at radius 2 is 1.86 bits per heavy atom. The number of ether oxygens (including phenoxy) is 1. The van der Waals surface area contributed by atoms with Crippen LogP contribution in [0.4, 0.5) is 0 Å². The Balaban J connectivity index is 1.95. The van der Waals surface area contributed by atoms with E-state index in [4.69, 9.17) is 4.74 Å². The van der Waals surface area contributed by atoms with Gasteiger partial charge in [0.1, 0.15) is 11.5 Å². The number of benzene rings is 2. The van der Waals surface area contributed by atoms with E-state index in [1.54, 1.807) is 0 Å². The van der Waals surface area contributed by atoms with E-state index in [2.05, 4.69) is 34.6 Å². The molecule has 0 fully saturated rings. The van der Waals surface area contributed by atoms with Gasteiger partial charge in [-0.05, 0) is 36.9 Å². The molecule has 0 radical (unpaired) electrons. The van der Waals surface area contributed by atoms with Gasteiger partial charge in [0, 0.05) is 30.1 Å². The molecule has 3 heteroatoms. The normalized spacial score (nSPS) is 10.8. The van der Waals surface area contributed by atoms with Crippen molar-refractivity contribution < 1.29 is 4.74 Å². The summed E-state index contributed by atoms with van der Waals surface area (Å²) in [6.07, 6.45) is 1.86. The van der Waals surface area contributed by atoms with Crippen LogP contribution in [0.2, 0.25) is 0 Å². The monoisotopic (exact) mass is 278 g/mol. The number of aromatic nitrogens is 1. The van der Waals surface area contributed by atoms with Gasteiger partial charge in [0.05, 0.1) is 0 Å². The lowest BCUT2D eigenvalue weighted by Gasteiger charge is -2.12. The molecule has 2 aromatic carbocycles. The number of hydrogen-bond donors (Lipinski definition) is 1. The quantitative estimate of drug-likeness (QED) is 0.781. The van der Waals surface area contributed by atoms with E-state index in [1.807, 2.05) is 44.4 Å². The summed E-state index contributed by atoms with van der Waals surface area (Å²) in [5, 5.41) is 5.53. The van der Waals surface area contributed by atoms with E-state index < -0.39 is 0 Å². The first-order chi connectivity index (χ1) is 10.3. The maximum Gasteiger partial charge on any atom is 0.135 e. The topological polar surface area (TPSA) is 34.2 Å². The van der Waals surface area contributed by atoms with Gasteiger partial charge < -0.3 is 10.1 Å². The minimum atomic E-state index is 0.732. The van der Waals surface area contributed by atoms with Crippen LogP contribution in [0.15, 0.2) is 54.7 Å². The third kappa shape index (κ3) is 3.03. The second kappa shape index (κ2) is 5.94. The van der Waals surface area contributed by atoms with Crippen LogP contribution < -0.4 is 10.1 Å². The minimum absolute atomic E-state index is 0.732. The summed E-state index contributed by atoms with van der Waals surface area (Å²) in [6, 6.07) is 16.4. The highest BCUT2D eigenvalue weighted by Crippen LogP contribution is 2.28. The van der Waals surface area contributed by atoms with Crippen LogP contribution in [0.5, 0.6) is 11.5 Å². The Bertz CT molecular complexity index is 768. The standard InChI is InChI=1S/C18H18N2O/c1-13-9-18(16(11-19-2)12-20-13)21-17-8-7-14-5-3-4-6-15(14)10-17/h3-10,12,19H,11H2,1-2H3. The summed E-state index contributed by atoms with van der Waals surface area (Å²) >= 11 is 0. The van der Waals surface area contributed by atoms with Crippen LogP contribution in [0.3, 0.4) is 0 Å². The summed E-state index contributed by atoms with van der Waals surface area (Å²) < 4.78 is 6.07. The number of nitrogens with one attached hydrogen (secondary N) is 1. The number of rotatable bonds is 4. The van der Waals surface area contributed by atoms with E-state index in [1.165, 1.54) is 10.8 Å². The van der Waals surface area contributed by atoms with Gasteiger partial charge >= 0.3 is 0 Å². The molecule has 0 aliphatic rings. The number of nitrogens with zero attached hydrogens (tertiary/aromatic N) is 1. The van der Waals surface area contributed by atoms with Crippen molar-refractivity contribution >= 4 is 10.8 Å². The third-order valence-electron chi connectivity index (χ3n) is 3.40. The van der Waals surface area contributed by atoms with Crippen molar-refractivity contribution in [3.05, 3.63) is 66.0 Å². The van der Waals surface area contributed by atoms with Crippen LogP contribution in [0.25, 0.3) is 10.8 Å².